The third kappa shape index (κ3) is 4.40. The van der Waals surface area contributed by atoms with Crippen LogP contribution in [0.5, 0.6) is 0 Å². The molecule has 2 N–H and O–H groups in total. The number of anilines is 2. The molecule has 0 atom stereocenters. The van der Waals surface area contributed by atoms with Crippen molar-refractivity contribution in [3.63, 3.8) is 0 Å². The number of rotatable bonds is 5. The van der Waals surface area contributed by atoms with Crippen LogP contribution >= 0.6 is 0 Å². The number of nitrogens with one attached hydrogen (secondary N) is 2. The lowest BCUT2D eigenvalue weighted by Gasteiger charge is -2.11. The van der Waals surface area contributed by atoms with E-state index >= 15 is 0 Å². The van der Waals surface area contributed by atoms with Crippen molar-refractivity contribution in [3.05, 3.63) is 54.1 Å². The second-order valence-electron chi connectivity index (χ2n) is 5.56. The number of hydrogen-bond acceptors (Lipinski definition) is 5. The molecule has 10 heteroatoms. The fourth-order valence-electron chi connectivity index (χ4n) is 2.31. The SMILES string of the molecule is CNC(=O)Cn1nnc(-c2ccccc2Nc2ccc(C(F)(F)F)cc2)n1. The van der Waals surface area contributed by atoms with Gasteiger partial charge in [0.05, 0.1) is 5.56 Å². The van der Waals surface area contributed by atoms with Crippen molar-refractivity contribution in [2.75, 3.05) is 12.4 Å². The lowest BCUT2D eigenvalue weighted by molar-refractivity contribution is -0.137. The molecule has 3 aromatic rings. The van der Waals surface area contributed by atoms with Crippen molar-refractivity contribution in [2.24, 2.45) is 0 Å². The minimum Gasteiger partial charge on any atom is -0.358 e. The van der Waals surface area contributed by atoms with Gasteiger partial charge in [0.1, 0.15) is 6.54 Å². The molecule has 27 heavy (non-hydrogen) atoms. The van der Waals surface area contributed by atoms with Gasteiger partial charge in [0.2, 0.25) is 11.7 Å². The lowest BCUT2D eigenvalue weighted by Crippen LogP contribution is -2.24. The zero-order valence-corrected chi connectivity index (χ0v) is 14.2. The number of carbonyl (C=O) groups excluding carboxylic acids is 1. The molecular weight excluding hydrogens is 361 g/mol. The van der Waals surface area contributed by atoms with Crippen LogP contribution in [0.4, 0.5) is 24.5 Å². The molecule has 0 unspecified atom stereocenters. The summed E-state index contributed by atoms with van der Waals surface area (Å²) in [5.74, 6) is 0.0176. The minimum atomic E-state index is -4.39. The molecule has 0 saturated carbocycles. The average Bonchev–Trinajstić information content (AvgIpc) is 3.10. The lowest BCUT2D eigenvalue weighted by atomic mass is 10.1. The van der Waals surface area contributed by atoms with E-state index < -0.39 is 11.7 Å². The summed E-state index contributed by atoms with van der Waals surface area (Å²) < 4.78 is 38.0. The largest absolute Gasteiger partial charge is 0.416 e. The highest BCUT2D eigenvalue weighted by molar-refractivity contribution is 5.77. The van der Waals surface area contributed by atoms with Crippen LogP contribution < -0.4 is 10.6 Å². The van der Waals surface area contributed by atoms with Crippen LogP contribution in [0, 0.1) is 0 Å². The number of alkyl halides is 3. The van der Waals surface area contributed by atoms with E-state index in [9.17, 15) is 18.0 Å². The van der Waals surface area contributed by atoms with E-state index in [1.165, 1.54) is 19.2 Å². The highest BCUT2D eigenvalue weighted by atomic mass is 19.4. The first-order chi connectivity index (χ1) is 12.9. The van der Waals surface area contributed by atoms with E-state index in [0.717, 1.165) is 16.9 Å². The van der Waals surface area contributed by atoms with E-state index in [-0.39, 0.29) is 18.3 Å². The predicted octanol–water partition coefficient (Wildman–Crippen LogP) is 2.85. The Labute approximate surface area is 152 Å². The number of aromatic nitrogens is 4. The van der Waals surface area contributed by atoms with Crippen molar-refractivity contribution in [1.82, 2.24) is 25.5 Å². The van der Waals surface area contributed by atoms with Gasteiger partial charge in [0.15, 0.2) is 0 Å². The molecule has 0 radical (unpaired) electrons. The number of likely N-dealkylation sites (N-methyl/N-ethyl adjacent to an activating group) is 1. The number of para-hydroxylation sites is 1. The molecule has 0 aliphatic heterocycles. The molecule has 1 amide bonds. The first-order valence-electron chi connectivity index (χ1n) is 7.89. The Morgan fingerprint density at radius 1 is 1.11 bits per heavy atom. The maximum Gasteiger partial charge on any atom is 0.416 e. The molecule has 0 fully saturated rings. The Balaban J connectivity index is 1.83. The molecule has 3 rings (SSSR count). The van der Waals surface area contributed by atoms with Gasteiger partial charge in [-0.3, -0.25) is 4.79 Å². The van der Waals surface area contributed by atoms with Crippen LogP contribution in [0.2, 0.25) is 0 Å². The molecule has 7 nitrogen and oxygen atoms in total. The molecule has 140 valence electrons. The first-order valence-corrected chi connectivity index (χ1v) is 7.89. The summed E-state index contributed by atoms with van der Waals surface area (Å²) in [6, 6.07) is 11.7. The minimum absolute atomic E-state index is 0.0714. The van der Waals surface area contributed by atoms with Gasteiger partial charge in [-0.15, -0.1) is 10.2 Å². The number of halogens is 3. The first kappa shape index (κ1) is 18.4. The van der Waals surface area contributed by atoms with Gasteiger partial charge in [-0.2, -0.15) is 18.0 Å². The Kier molecular flexibility index (Phi) is 5.06. The number of amides is 1. The van der Waals surface area contributed by atoms with Gasteiger partial charge in [0, 0.05) is 24.0 Å². The smallest absolute Gasteiger partial charge is 0.358 e. The summed E-state index contributed by atoms with van der Waals surface area (Å²) in [7, 11) is 1.50. The van der Waals surface area contributed by atoms with Gasteiger partial charge in [-0.05, 0) is 41.6 Å². The Bertz CT molecular complexity index is 936. The number of nitrogens with zero attached hydrogens (tertiary/aromatic N) is 4. The van der Waals surface area contributed by atoms with Gasteiger partial charge >= 0.3 is 6.18 Å². The van der Waals surface area contributed by atoms with Crippen LogP contribution in [0.25, 0.3) is 11.4 Å². The number of benzene rings is 2. The number of hydrogen-bond donors (Lipinski definition) is 2. The van der Waals surface area contributed by atoms with Crippen LogP contribution in [0.15, 0.2) is 48.5 Å². The third-order valence-corrected chi connectivity index (χ3v) is 3.68. The van der Waals surface area contributed by atoms with Crippen LogP contribution in [-0.2, 0) is 17.5 Å². The van der Waals surface area contributed by atoms with Gasteiger partial charge < -0.3 is 10.6 Å². The monoisotopic (exact) mass is 376 g/mol. The van der Waals surface area contributed by atoms with E-state index in [1.54, 1.807) is 24.3 Å². The summed E-state index contributed by atoms with van der Waals surface area (Å²) in [4.78, 5) is 12.6. The summed E-state index contributed by atoms with van der Waals surface area (Å²) in [5, 5.41) is 17.4. The average molecular weight is 376 g/mol. The molecular formula is C17H15F3N6O. The quantitative estimate of drug-likeness (QED) is 0.715. The van der Waals surface area contributed by atoms with E-state index in [1.807, 2.05) is 0 Å². The summed E-state index contributed by atoms with van der Waals surface area (Å²) in [6.45, 7) is -0.0714. The predicted molar refractivity (Wildman–Crippen MR) is 92.0 cm³/mol. The van der Waals surface area contributed by atoms with Crippen LogP contribution in [-0.4, -0.2) is 33.2 Å². The number of tetrazole rings is 1. The number of carbonyl (C=O) groups is 1. The molecule has 1 heterocycles. The normalized spacial score (nSPS) is 11.3. The van der Waals surface area contributed by atoms with Gasteiger partial charge in [-0.1, -0.05) is 12.1 Å². The van der Waals surface area contributed by atoms with Crippen molar-refractivity contribution < 1.29 is 18.0 Å². The van der Waals surface area contributed by atoms with Crippen LogP contribution in [0.1, 0.15) is 5.56 Å². The molecule has 0 aliphatic carbocycles. The Morgan fingerprint density at radius 3 is 2.48 bits per heavy atom. The fraction of sp³-hybridized carbons (Fsp3) is 0.176. The fourth-order valence-corrected chi connectivity index (χ4v) is 2.31. The van der Waals surface area contributed by atoms with Crippen LogP contribution in [0.3, 0.4) is 0 Å². The summed E-state index contributed by atoms with van der Waals surface area (Å²) in [5.41, 5.74) is 0.950. The topological polar surface area (TPSA) is 84.7 Å². The Hall–Kier alpha value is -3.43. The van der Waals surface area contributed by atoms with E-state index in [0.29, 0.717) is 16.9 Å². The van der Waals surface area contributed by atoms with Crippen molar-refractivity contribution in [3.8, 4) is 11.4 Å². The maximum absolute atomic E-state index is 12.7. The highest BCUT2D eigenvalue weighted by Crippen LogP contribution is 2.32. The molecule has 1 aromatic heterocycles. The Morgan fingerprint density at radius 2 is 1.81 bits per heavy atom. The van der Waals surface area contributed by atoms with Crippen molar-refractivity contribution in [1.29, 1.82) is 0 Å². The second kappa shape index (κ2) is 7.44. The maximum atomic E-state index is 12.7. The second-order valence-corrected chi connectivity index (χ2v) is 5.56. The highest BCUT2D eigenvalue weighted by Gasteiger charge is 2.29. The van der Waals surface area contributed by atoms with E-state index in [2.05, 4.69) is 26.0 Å². The van der Waals surface area contributed by atoms with Gasteiger partial charge in [0.25, 0.3) is 0 Å². The molecule has 0 aliphatic rings. The van der Waals surface area contributed by atoms with E-state index in [4.69, 9.17) is 0 Å². The summed E-state index contributed by atoms with van der Waals surface area (Å²) >= 11 is 0. The molecule has 0 spiro atoms. The zero-order chi connectivity index (χ0) is 19.4. The molecule has 2 aromatic carbocycles. The summed E-state index contributed by atoms with van der Waals surface area (Å²) in [6.07, 6.45) is -4.39. The standard InChI is InChI=1S/C17H15F3N6O/c1-21-15(27)10-26-24-16(23-25-26)13-4-2-3-5-14(13)22-12-8-6-11(7-9-12)17(18,19)20/h2-9,22H,10H2,1H3,(H,21,27). The van der Waals surface area contributed by atoms with Crippen molar-refractivity contribution in [2.45, 2.75) is 12.7 Å². The molecule has 0 bridgehead atoms. The third-order valence-electron chi connectivity index (χ3n) is 3.68. The van der Waals surface area contributed by atoms with Gasteiger partial charge in [-0.25, -0.2) is 0 Å². The zero-order valence-electron chi connectivity index (χ0n) is 14.2. The molecule has 0 saturated heterocycles. The van der Waals surface area contributed by atoms with Crippen molar-refractivity contribution >= 4 is 17.3 Å².